The zero-order valence-corrected chi connectivity index (χ0v) is 12.4. The number of carbonyl (C=O) groups is 1. The fraction of sp³-hybridized carbons (Fsp3) is 0.267. The highest BCUT2D eigenvalue weighted by atomic mass is 32.2. The standard InChI is InChI=1S/C15H13N3O3S/c19-13(10-7-16-15-18(14(10)20)5-6-22-15)17-11-8-21-12-4-2-1-3-9(11)12/h1-4,7,11H,5-6,8H2,(H,17,19). The highest BCUT2D eigenvalue weighted by molar-refractivity contribution is 7.99. The van der Waals surface area contributed by atoms with Crippen molar-refractivity contribution < 1.29 is 9.53 Å². The fourth-order valence-corrected chi connectivity index (χ4v) is 3.61. The van der Waals surface area contributed by atoms with Crippen LogP contribution in [-0.2, 0) is 6.54 Å². The first kappa shape index (κ1) is 13.4. The van der Waals surface area contributed by atoms with Gasteiger partial charge in [0.25, 0.3) is 11.5 Å². The van der Waals surface area contributed by atoms with Gasteiger partial charge in [-0.25, -0.2) is 4.98 Å². The third kappa shape index (κ3) is 2.09. The minimum absolute atomic E-state index is 0.0793. The number of nitrogens with zero attached hydrogens (tertiary/aromatic N) is 2. The Morgan fingerprint density at radius 3 is 3.18 bits per heavy atom. The number of rotatable bonds is 2. The molecule has 0 radical (unpaired) electrons. The Morgan fingerprint density at radius 2 is 2.27 bits per heavy atom. The molecule has 3 heterocycles. The number of thioether (sulfide) groups is 1. The number of hydrogen-bond donors (Lipinski definition) is 1. The highest BCUT2D eigenvalue weighted by Crippen LogP contribution is 2.31. The molecule has 2 aromatic rings. The topological polar surface area (TPSA) is 73.2 Å². The summed E-state index contributed by atoms with van der Waals surface area (Å²) in [7, 11) is 0. The van der Waals surface area contributed by atoms with Crippen molar-refractivity contribution in [1.82, 2.24) is 14.9 Å². The molecule has 1 amide bonds. The first-order valence-electron chi connectivity index (χ1n) is 6.99. The van der Waals surface area contributed by atoms with Gasteiger partial charge in [0, 0.05) is 24.1 Å². The van der Waals surface area contributed by atoms with Crippen LogP contribution in [-0.4, -0.2) is 27.8 Å². The van der Waals surface area contributed by atoms with Crippen molar-refractivity contribution >= 4 is 17.7 Å². The van der Waals surface area contributed by atoms with Gasteiger partial charge in [0.1, 0.15) is 17.9 Å². The van der Waals surface area contributed by atoms with Crippen molar-refractivity contribution in [2.24, 2.45) is 0 Å². The Balaban J connectivity index is 1.61. The lowest BCUT2D eigenvalue weighted by Gasteiger charge is -2.12. The molecule has 1 N–H and O–H groups in total. The number of aromatic nitrogens is 2. The lowest BCUT2D eigenvalue weighted by molar-refractivity contribution is 0.0927. The van der Waals surface area contributed by atoms with Gasteiger partial charge in [-0.2, -0.15) is 0 Å². The summed E-state index contributed by atoms with van der Waals surface area (Å²) in [5, 5.41) is 3.54. The van der Waals surface area contributed by atoms with E-state index in [0.29, 0.717) is 18.3 Å². The molecule has 0 fully saturated rings. The van der Waals surface area contributed by atoms with Gasteiger partial charge >= 0.3 is 0 Å². The minimum Gasteiger partial charge on any atom is -0.491 e. The van der Waals surface area contributed by atoms with E-state index in [1.54, 1.807) is 4.57 Å². The highest BCUT2D eigenvalue weighted by Gasteiger charge is 2.27. The van der Waals surface area contributed by atoms with Crippen molar-refractivity contribution in [3.63, 3.8) is 0 Å². The van der Waals surface area contributed by atoms with E-state index in [2.05, 4.69) is 10.3 Å². The lowest BCUT2D eigenvalue weighted by Crippen LogP contribution is -2.36. The molecule has 1 aromatic heterocycles. The van der Waals surface area contributed by atoms with Crippen LogP contribution in [0.3, 0.4) is 0 Å². The van der Waals surface area contributed by atoms with Gasteiger partial charge in [-0.05, 0) is 6.07 Å². The van der Waals surface area contributed by atoms with E-state index in [4.69, 9.17) is 4.74 Å². The van der Waals surface area contributed by atoms with Gasteiger partial charge < -0.3 is 10.1 Å². The number of benzene rings is 1. The summed E-state index contributed by atoms with van der Waals surface area (Å²) in [4.78, 5) is 28.9. The second-order valence-corrected chi connectivity index (χ2v) is 6.20. The fourth-order valence-electron chi connectivity index (χ4n) is 2.69. The monoisotopic (exact) mass is 315 g/mol. The van der Waals surface area contributed by atoms with Crippen molar-refractivity contribution in [1.29, 1.82) is 0 Å². The summed E-state index contributed by atoms with van der Waals surface area (Å²) in [5.74, 6) is 1.18. The average molecular weight is 315 g/mol. The van der Waals surface area contributed by atoms with Gasteiger partial charge in [0.2, 0.25) is 0 Å². The first-order valence-corrected chi connectivity index (χ1v) is 7.98. The lowest BCUT2D eigenvalue weighted by atomic mass is 10.1. The summed E-state index contributed by atoms with van der Waals surface area (Å²) in [6.07, 6.45) is 1.36. The van der Waals surface area contributed by atoms with Crippen molar-refractivity contribution in [3.8, 4) is 5.75 Å². The minimum atomic E-state index is -0.407. The van der Waals surface area contributed by atoms with Crippen molar-refractivity contribution in [2.75, 3.05) is 12.4 Å². The Hall–Kier alpha value is -2.28. The molecule has 0 spiro atoms. The summed E-state index contributed by atoms with van der Waals surface area (Å²) in [6, 6.07) is 7.32. The predicted molar refractivity (Wildman–Crippen MR) is 81.4 cm³/mol. The maximum Gasteiger partial charge on any atom is 0.267 e. The molecule has 112 valence electrons. The summed E-state index contributed by atoms with van der Waals surface area (Å²) in [5.41, 5.74) is 0.732. The third-order valence-corrected chi connectivity index (χ3v) is 4.78. The zero-order valence-electron chi connectivity index (χ0n) is 11.6. The van der Waals surface area contributed by atoms with E-state index >= 15 is 0 Å². The van der Waals surface area contributed by atoms with Crippen molar-refractivity contribution in [2.45, 2.75) is 17.7 Å². The largest absolute Gasteiger partial charge is 0.491 e. The normalized spacial score (nSPS) is 18.5. The second-order valence-electron chi connectivity index (χ2n) is 5.13. The molecule has 1 unspecified atom stereocenters. The molecular formula is C15H13N3O3S. The quantitative estimate of drug-likeness (QED) is 0.843. The Bertz CT molecular complexity index is 818. The molecule has 1 atom stereocenters. The summed E-state index contributed by atoms with van der Waals surface area (Å²) in [6.45, 7) is 0.975. The average Bonchev–Trinajstić information content (AvgIpc) is 3.15. The molecule has 7 heteroatoms. The predicted octanol–water partition coefficient (Wildman–Crippen LogP) is 1.21. The van der Waals surface area contributed by atoms with Crippen LogP contribution >= 0.6 is 11.8 Å². The molecule has 4 rings (SSSR count). The third-order valence-electron chi connectivity index (χ3n) is 3.81. The van der Waals surface area contributed by atoms with Gasteiger partial charge in [-0.15, -0.1) is 0 Å². The number of fused-ring (bicyclic) bond motifs is 2. The van der Waals surface area contributed by atoms with Crippen LogP contribution in [0.15, 0.2) is 40.4 Å². The van der Waals surface area contributed by atoms with E-state index in [1.165, 1.54) is 18.0 Å². The maximum absolute atomic E-state index is 12.4. The number of amides is 1. The molecule has 0 aliphatic carbocycles. The van der Waals surface area contributed by atoms with Crippen LogP contribution in [0.2, 0.25) is 0 Å². The van der Waals surface area contributed by atoms with Crippen LogP contribution in [0.1, 0.15) is 22.0 Å². The second kappa shape index (κ2) is 5.17. The zero-order chi connectivity index (χ0) is 15.1. The van der Waals surface area contributed by atoms with Crippen LogP contribution in [0.25, 0.3) is 0 Å². The number of para-hydroxylation sites is 1. The SMILES string of the molecule is O=C(NC1COc2ccccc21)c1cnc2n(c1=O)CCS2. The van der Waals surface area contributed by atoms with E-state index < -0.39 is 5.91 Å². The van der Waals surface area contributed by atoms with Gasteiger partial charge in [0.15, 0.2) is 5.16 Å². The molecule has 6 nitrogen and oxygen atoms in total. The first-order chi connectivity index (χ1) is 10.7. The summed E-state index contributed by atoms with van der Waals surface area (Å²) < 4.78 is 7.09. The molecule has 0 saturated carbocycles. The molecular weight excluding hydrogens is 302 g/mol. The number of ether oxygens (including phenoxy) is 1. The van der Waals surface area contributed by atoms with Crippen LogP contribution in [0, 0.1) is 0 Å². The number of carbonyl (C=O) groups excluding carboxylic acids is 1. The number of hydrogen-bond acceptors (Lipinski definition) is 5. The molecule has 22 heavy (non-hydrogen) atoms. The summed E-state index contributed by atoms with van der Waals surface area (Å²) >= 11 is 1.53. The molecule has 0 bridgehead atoms. The van der Waals surface area contributed by atoms with E-state index in [1.807, 2.05) is 24.3 Å². The Labute approximate surface area is 130 Å². The molecule has 2 aliphatic heterocycles. The van der Waals surface area contributed by atoms with E-state index in [0.717, 1.165) is 17.1 Å². The molecule has 1 aromatic carbocycles. The van der Waals surface area contributed by atoms with Gasteiger partial charge in [-0.1, -0.05) is 30.0 Å². The maximum atomic E-state index is 12.4. The van der Waals surface area contributed by atoms with E-state index in [9.17, 15) is 9.59 Å². The van der Waals surface area contributed by atoms with E-state index in [-0.39, 0.29) is 17.2 Å². The number of nitrogens with one attached hydrogen (secondary N) is 1. The molecule has 2 aliphatic rings. The van der Waals surface area contributed by atoms with Crippen LogP contribution in [0.4, 0.5) is 0 Å². The smallest absolute Gasteiger partial charge is 0.267 e. The Kier molecular flexibility index (Phi) is 3.15. The van der Waals surface area contributed by atoms with Crippen molar-refractivity contribution in [3.05, 3.63) is 51.9 Å². The van der Waals surface area contributed by atoms with Crippen LogP contribution < -0.4 is 15.6 Å². The Morgan fingerprint density at radius 1 is 1.41 bits per heavy atom. The van der Waals surface area contributed by atoms with Gasteiger partial charge in [0.05, 0.1) is 6.04 Å². The van der Waals surface area contributed by atoms with Gasteiger partial charge in [-0.3, -0.25) is 14.2 Å². The molecule has 0 saturated heterocycles. The van der Waals surface area contributed by atoms with Crippen LogP contribution in [0.5, 0.6) is 5.75 Å².